The van der Waals surface area contributed by atoms with Gasteiger partial charge in [-0.15, -0.1) is 0 Å². The zero-order chi connectivity index (χ0) is 56.8. The first kappa shape index (κ1) is 71.3. The summed E-state index contributed by atoms with van der Waals surface area (Å²) in [5, 5.41) is 12.2. The summed E-state index contributed by atoms with van der Waals surface area (Å²) in [7, 11) is 23.2. The first-order valence-corrected chi connectivity index (χ1v) is 22.1. The molecule has 1 aromatic rings. The molecule has 5 N–H and O–H groups in total. The lowest BCUT2D eigenvalue weighted by Gasteiger charge is -2.36. The van der Waals surface area contributed by atoms with E-state index >= 15 is 0 Å². The molecule has 0 spiro atoms. The van der Waals surface area contributed by atoms with Crippen LogP contribution in [0.4, 0.5) is 41.8 Å². The van der Waals surface area contributed by atoms with Crippen LogP contribution in [0.1, 0.15) is 0 Å². The van der Waals surface area contributed by atoms with Crippen LogP contribution in [-0.2, 0) is 66.3 Å². The minimum Gasteiger partial charge on any atom is -0.388 e. The van der Waals surface area contributed by atoms with Crippen molar-refractivity contribution in [1.82, 2.24) is 66.0 Å². The number of nitrogens with zero attached hydrogens (tertiary/aromatic N) is 11. The monoisotopic (exact) mass is 1090 g/mol. The molecule has 10 amide bonds. The van der Waals surface area contributed by atoms with Gasteiger partial charge in [-0.2, -0.15) is 15.0 Å². The van der Waals surface area contributed by atoms with Crippen LogP contribution in [0.15, 0.2) is 0 Å². The van der Waals surface area contributed by atoms with Crippen LogP contribution in [0.2, 0.25) is 0 Å². The van der Waals surface area contributed by atoms with Crippen LogP contribution in [0, 0.1) is 0 Å². The molecule has 0 aliphatic carbocycles. The van der Waals surface area contributed by atoms with Crippen LogP contribution in [-0.4, -0.2) is 290 Å². The molecule has 2 saturated heterocycles. The second kappa shape index (κ2) is 46.7. The molecule has 1 aromatic heterocycles. The summed E-state index contributed by atoms with van der Waals surface area (Å²) >= 11 is 0. The maximum Gasteiger partial charge on any atom is 0.327 e. The first-order chi connectivity index (χ1) is 36.2. The number of urea groups is 5. The van der Waals surface area contributed by atoms with E-state index in [4.69, 9.17) is 61.6 Å². The minimum absolute atomic E-state index is 0.0614. The van der Waals surface area contributed by atoms with Gasteiger partial charge in [-0.3, -0.25) is 39.2 Å². The van der Waals surface area contributed by atoms with Gasteiger partial charge in [0, 0.05) is 107 Å². The average molecular weight is 1090 g/mol. The lowest BCUT2D eigenvalue weighted by molar-refractivity contribution is -0.0338. The molecule has 0 radical (unpaired) electrons. The van der Waals surface area contributed by atoms with Crippen LogP contribution in [0.3, 0.4) is 0 Å². The Bertz CT molecular complexity index is 1480. The molecule has 0 aromatic carbocycles. The van der Waals surface area contributed by atoms with Gasteiger partial charge in [0.05, 0.1) is 20.0 Å². The Morgan fingerprint density at radius 1 is 0.413 bits per heavy atom. The van der Waals surface area contributed by atoms with Gasteiger partial charge in [-0.1, -0.05) is 0 Å². The highest BCUT2D eigenvalue weighted by Gasteiger charge is 2.29. The highest BCUT2D eigenvalue weighted by Crippen LogP contribution is 2.20. The van der Waals surface area contributed by atoms with Gasteiger partial charge in [0.25, 0.3) is 0 Å². The Morgan fingerprint density at radius 3 is 0.973 bits per heavy atom. The summed E-state index contributed by atoms with van der Waals surface area (Å²) in [4.78, 5) is 82.6. The Kier molecular flexibility index (Phi) is 44.4. The number of carbonyl (C=O) groups is 5. The fourth-order valence-electron chi connectivity index (χ4n) is 5.45. The fourth-order valence-corrected chi connectivity index (χ4v) is 5.45. The predicted molar refractivity (Wildman–Crippen MR) is 266 cm³/mol. The largest absolute Gasteiger partial charge is 0.388 e. The summed E-state index contributed by atoms with van der Waals surface area (Å²) in [6.07, 6.45) is 0. The molecular weight excluding hydrogens is 1010 g/mol. The summed E-state index contributed by atoms with van der Waals surface area (Å²) < 4.78 is 70.0. The van der Waals surface area contributed by atoms with Crippen molar-refractivity contribution < 1.29 is 90.3 Å². The Balaban J connectivity index is 0. The number of ether oxygens (including phenoxy) is 14. The van der Waals surface area contributed by atoms with Gasteiger partial charge < -0.3 is 92.9 Å². The number of hydrogen-bond donors (Lipinski definition) is 5. The molecule has 2 aliphatic rings. The van der Waals surface area contributed by atoms with Crippen LogP contribution in [0.5, 0.6) is 0 Å². The number of hydrogen-bond acceptors (Lipinski definition) is 25. The predicted octanol–water partition coefficient (Wildman–Crippen LogP) is -1.72. The number of rotatable bonds is 29. The third-order valence-corrected chi connectivity index (χ3v) is 8.28. The minimum atomic E-state index is -0.323. The maximum absolute atomic E-state index is 12.2. The Morgan fingerprint density at radius 2 is 0.693 bits per heavy atom. The number of nitrogens with one attached hydrogen (secondary N) is 5. The van der Waals surface area contributed by atoms with E-state index in [1.165, 1.54) is 74.3 Å². The molecule has 2 aliphatic heterocycles. The van der Waals surface area contributed by atoms with Crippen LogP contribution >= 0.6 is 0 Å². The van der Waals surface area contributed by atoms with Crippen LogP contribution < -0.4 is 41.3 Å². The summed E-state index contributed by atoms with van der Waals surface area (Å²) in [5.41, 5.74) is 0. The lowest BCUT2D eigenvalue weighted by atomic mass is 10.5. The van der Waals surface area contributed by atoms with Crippen molar-refractivity contribution in [3.05, 3.63) is 0 Å². The summed E-state index contributed by atoms with van der Waals surface area (Å²) in [5.74, 6) is 1.11. The third kappa shape index (κ3) is 31.0. The summed E-state index contributed by atoms with van der Waals surface area (Å²) in [6, 6.07) is -1.48. The van der Waals surface area contributed by atoms with Gasteiger partial charge in [0.2, 0.25) is 17.8 Å². The molecule has 0 atom stereocenters. The van der Waals surface area contributed by atoms with Crippen molar-refractivity contribution in [1.29, 1.82) is 0 Å². The van der Waals surface area contributed by atoms with Gasteiger partial charge >= 0.3 is 30.2 Å². The molecule has 2 fully saturated rings. The van der Waals surface area contributed by atoms with Crippen molar-refractivity contribution >= 4 is 48.0 Å². The van der Waals surface area contributed by atoms with E-state index in [0.717, 1.165) is 0 Å². The first-order valence-electron chi connectivity index (χ1n) is 22.1. The topological polar surface area (TPSA) is 339 Å². The molecule has 0 saturated carbocycles. The van der Waals surface area contributed by atoms with E-state index in [1.807, 2.05) is 0 Å². The van der Waals surface area contributed by atoms with Crippen molar-refractivity contribution in [2.45, 2.75) is 0 Å². The Labute approximate surface area is 439 Å². The van der Waals surface area contributed by atoms with Crippen LogP contribution in [0.25, 0.3) is 0 Å². The van der Waals surface area contributed by atoms with Crippen molar-refractivity contribution in [2.75, 3.05) is 236 Å². The van der Waals surface area contributed by atoms with E-state index in [9.17, 15) is 24.0 Å². The highest BCUT2D eigenvalue weighted by atomic mass is 16.5. The lowest BCUT2D eigenvalue weighted by Crippen LogP contribution is -2.58. The van der Waals surface area contributed by atoms with Gasteiger partial charge in [-0.25, -0.2) is 24.0 Å². The number of amides is 10. The summed E-state index contributed by atoms with van der Waals surface area (Å²) in [6.45, 7) is 2.70. The molecule has 35 nitrogen and oxygen atoms in total. The van der Waals surface area contributed by atoms with Crippen molar-refractivity contribution in [3.8, 4) is 0 Å². The number of carbonyl (C=O) groups excluding carboxylic acids is 5. The highest BCUT2D eigenvalue weighted by molar-refractivity contribution is 5.79. The SMILES string of the molecule is COC.COCN(COC)C(=O)N(COC)COC.COCN(COC)c1nc(N(COC)COC)nc(N(COC)COC)n1.COCN1CN(COC)C(=O)N(COC)CNC1=O.O=C1NCNC(=O)NCN1. The standard InChI is InChI=1S/C15H30N6O6.C10H20N4O5.C9H20N2O5.C4H8N4O2.C2H6O/c1-22-7-19(8-23-2)13-16-14(20(9-24-3)10-25-4)18-15(17-13)21(11-26-5)12-27-6;1-17-6-12-4-11-9(15)13(7-18-2)5-14(8-19-3)10(12)16;1-13-5-10(6-14-2)9(12)11(7-15-3)8-16-4;9-3-5-1-6-4(10)8-2-7-3;1-3-2/h7-12H2,1-6H3;4-8H2,1-3H3,(H,11,15);5-8H2,1-4H3;1-2H2,(H2,5,7,9)(H2,6,8,10);1-2H3. The molecule has 0 unspecified atom stereocenters. The van der Waals surface area contributed by atoms with Gasteiger partial charge in [0.1, 0.15) is 94.2 Å². The smallest absolute Gasteiger partial charge is 0.327 e. The third-order valence-electron chi connectivity index (χ3n) is 8.28. The second-order valence-electron chi connectivity index (χ2n) is 14.5. The number of methoxy groups -OCH3 is 14. The molecule has 35 heteroatoms. The normalized spacial score (nSPS) is 13.2. The van der Waals surface area contributed by atoms with Gasteiger partial charge in [0.15, 0.2) is 0 Å². The fraction of sp³-hybridized carbons (Fsp3) is 0.800. The van der Waals surface area contributed by atoms with E-state index < -0.39 is 0 Å². The van der Waals surface area contributed by atoms with Gasteiger partial charge in [-0.05, 0) is 0 Å². The average Bonchev–Trinajstić information content (AvgIpc) is 3.38. The zero-order valence-electron chi connectivity index (χ0n) is 46.2. The molecule has 75 heavy (non-hydrogen) atoms. The number of anilines is 3. The molecule has 438 valence electrons. The quantitative estimate of drug-likeness (QED) is 0.0557. The van der Waals surface area contributed by atoms with E-state index in [0.29, 0.717) is 17.8 Å². The van der Waals surface area contributed by atoms with E-state index in [1.54, 1.807) is 71.6 Å². The molecule has 0 bridgehead atoms. The van der Waals surface area contributed by atoms with Crippen molar-refractivity contribution in [2.24, 2.45) is 0 Å². The zero-order valence-corrected chi connectivity index (χ0v) is 46.2. The Hall–Kier alpha value is -5.80. The number of aromatic nitrogens is 3. The van der Waals surface area contributed by atoms with E-state index in [2.05, 4.69) is 46.3 Å². The van der Waals surface area contributed by atoms with E-state index in [-0.39, 0.29) is 144 Å². The molecule has 3 heterocycles. The second-order valence-corrected chi connectivity index (χ2v) is 14.5. The maximum atomic E-state index is 12.2. The van der Waals surface area contributed by atoms with Crippen molar-refractivity contribution in [3.63, 3.8) is 0 Å². The molecule has 3 rings (SSSR count). The molecular formula is C40H84N16O19.